The molecule has 0 radical (unpaired) electrons. The van der Waals surface area contributed by atoms with E-state index in [9.17, 15) is 14.4 Å². The fourth-order valence-corrected chi connectivity index (χ4v) is 8.66. The number of rotatable bonds is 56. The Morgan fingerprint density at radius 3 is 0.878 bits per heavy atom. The molecule has 0 heterocycles. The molecule has 424 valence electrons. The van der Waals surface area contributed by atoms with E-state index < -0.39 is 6.10 Å². The molecule has 0 aromatic heterocycles. The SMILES string of the molecule is CC/C=C\C/C=C\C/C=C\C/C=C\C/C=C\CCCC(=O)OCC(COC(=O)CCCCCCCC/C=C\C/C=C\C/C=C\CCCCCCC)OC(=O)CCCCCCCCCCCCCCCCCCCC. The summed E-state index contributed by atoms with van der Waals surface area (Å²) in [5.74, 6) is -0.962. The van der Waals surface area contributed by atoms with Crippen molar-refractivity contribution in [2.75, 3.05) is 13.2 Å². The highest BCUT2D eigenvalue weighted by Crippen LogP contribution is 2.16. The molecule has 1 unspecified atom stereocenters. The van der Waals surface area contributed by atoms with Crippen LogP contribution in [0.15, 0.2) is 97.2 Å². The third kappa shape index (κ3) is 59.2. The maximum Gasteiger partial charge on any atom is 0.306 e. The van der Waals surface area contributed by atoms with Crippen LogP contribution < -0.4 is 0 Å². The zero-order chi connectivity index (χ0) is 53.6. The molecule has 0 amide bonds. The van der Waals surface area contributed by atoms with Gasteiger partial charge in [0.25, 0.3) is 0 Å². The van der Waals surface area contributed by atoms with Crippen molar-refractivity contribution in [1.82, 2.24) is 0 Å². The number of carbonyl (C=O) groups is 3. The number of allylic oxidation sites excluding steroid dienone is 16. The van der Waals surface area contributed by atoms with E-state index in [-0.39, 0.29) is 37.5 Å². The van der Waals surface area contributed by atoms with E-state index in [1.54, 1.807) is 0 Å². The average molecular weight is 1030 g/mol. The zero-order valence-corrected chi connectivity index (χ0v) is 48.6. The Balaban J connectivity index is 4.46. The fraction of sp³-hybridized carbons (Fsp3) is 0.721. The van der Waals surface area contributed by atoms with Gasteiger partial charge in [-0.1, -0.05) is 279 Å². The third-order valence-corrected chi connectivity index (χ3v) is 13.3. The van der Waals surface area contributed by atoms with Crippen molar-refractivity contribution in [2.45, 2.75) is 303 Å². The van der Waals surface area contributed by atoms with Gasteiger partial charge in [0.15, 0.2) is 6.10 Å². The highest BCUT2D eigenvalue weighted by Gasteiger charge is 2.19. The van der Waals surface area contributed by atoms with Crippen molar-refractivity contribution in [3.63, 3.8) is 0 Å². The molecule has 6 nitrogen and oxygen atoms in total. The summed E-state index contributed by atoms with van der Waals surface area (Å²) in [5.41, 5.74) is 0. The van der Waals surface area contributed by atoms with E-state index in [2.05, 4.69) is 118 Å². The number of hydrogen-bond donors (Lipinski definition) is 0. The Morgan fingerprint density at radius 2 is 0.541 bits per heavy atom. The molecule has 0 aromatic carbocycles. The van der Waals surface area contributed by atoms with Crippen molar-refractivity contribution in [3.05, 3.63) is 97.2 Å². The van der Waals surface area contributed by atoms with E-state index >= 15 is 0 Å². The third-order valence-electron chi connectivity index (χ3n) is 13.3. The van der Waals surface area contributed by atoms with Crippen LogP contribution in [0.4, 0.5) is 0 Å². The van der Waals surface area contributed by atoms with Crippen LogP contribution >= 0.6 is 0 Å². The van der Waals surface area contributed by atoms with Crippen LogP contribution in [-0.2, 0) is 28.6 Å². The largest absolute Gasteiger partial charge is 0.462 e. The molecule has 0 aliphatic heterocycles. The smallest absolute Gasteiger partial charge is 0.306 e. The lowest BCUT2D eigenvalue weighted by atomic mass is 10.0. The first-order chi connectivity index (χ1) is 36.5. The van der Waals surface area contributed by atoms with Gasteiger partial charge >= 0.3 is 17.9 Å². The Hall–Kier alpha value is -3.67. The number of ether oxygens (including phenoxy) is 3. The summed E-state index contributed by atoms with van der Waals surface area (Å²) >= 11 is 0. The Labute approximate surface area is 457 Å². The van der Waals surface area contributed by atoms with Gasteiger partial charge in [-0.2, -0.15) is 0 Å². The lowest BCUT2D eigenvalue weighted by molar-refractivity contribution is -0.167. The fourth-order valence-electron chi connectivity index (χ4n) is 8.66. The number of unbranched alkanes of at least 4 members (excludes halogenated alkanes) is 29. The second-order valence-corrected chi connectivity index (χ2v) is 20.6. The first-order valence-electron chi connectivity index (χ1n) is 31.2. The van der Waals surface area contributed by atoms with Gasteiger partial charge in [-0.25, -0.2) is 0 Å². The van der Waals surface area contributed by atoms with Crippen molar-refractivity contribution in [3.8, 4) is 0 Å². The summed E-state index contributed by atoms with van der Waals surface area (Å²) < 4.78 is 16.9. The number of hydrogen-bond acceptors (Lipinski definition) is 6. The number of esters is 3. The predicted octanol–water partition coefficient (Wildman–Crippen LogP) is 21.3. The summed E-state index contributed by atoms with van der Waals surface area (Å²) in [6.45, 7) is 6.48. The molecule has 0 fully saturated rings. The topological polar surface area (TPSA) is 78.9 Å². The van der Waals surface area contributed by atoms with Crippen LogP contribution in [-0.4, -0.2) is 37.2 Å². The van der Waals surface area contributed by atoms with Gasteiger partial charge in [-0.05, 0) is 96.3 Å². The molecule has 0 saturated carbocycles. The first kappa shape index (κ1) is 70.3. The van der Waals surface area contributed by atoms with Crippen LogP contribution in [0.25, 0.3) is 0 Å². The van der Waals surface area contributed by atoms with Gasteiger partial charge in [0.2, 0.25) is 0 Å². The van der Waals surface area contributed by atoms with E-state index in [1.807, 2.05) is 0 Å². The van der Waals surface area contributed by atoms with Crippen molar-refractivity contribution in [2.24, 2.45) is 0 Å². The van der Waals surface area contributed by atoms with Gasteiger partial charge in [-0.3, -0.25) is 14.4 Å². The van der Waals surface area contributed by atoms with E-state index in [4.69, 9.17) is 14.2 Å². The number of carbonyl (C=O) groups excluding carboxylic acids is 3. The van der Waals surface area contributed by atoms with Crippen molar-refractivity contribution >= 4 is 17.9 Å². The monoisotopic (exact) mass is 1030 g/mol. The molecule has 0 aromatic rings. The van der Waals surface area contributed by atoms with Crippen molar-refractivity contribution in [1.29, 1.82) is 0 Å². The summed E-state index contributed by atoms with van der Waals surface area (Å²) in [6.07, 6.45) is 82.7. The molecule has 0 rings (SSSR count). The second kappa shape index (κ2) is 61.9. The molecule has 74 heavy (non-hydrogen) atoms. The zero-order valence-electron chi connectivity index (χ0n) is 48.6. The van der Waals surface area contributed by atoms with Crippen LogP contribution in [0.5, 0.6) is 0 Å². The average Bonchev–Trinajstić information content (AvgIpc) is 3.40. The molecule has 0 aliphatic rings. The van der Waals surface area contributed by atoms with E-state index in [0.29, 0.717) is 19.3 Å². The summed E-state index contributed by atoms with van der Waals surface area (Å²) in [4.78, 5) is 38.3. The van der Waals surface area contributed by atoms with E-state index in [1.165, 1.54) is 154 Å². The molecule has 1 atom stereocenters. The molecular weight excluding hydrogens is 913 g/mol. The standard InChI is InChI=1S/C68H116O6/c1-4-7-10-13-16-19-22-25-28-31-33-34-35-38-40-43-46-49-52-55-58-61-67(70)73-64-65(63-72-66(69)60-57-54-51-48-45-42-39-36-30-27-24-21-18-15-12-9-6-3)74-68(71)62-59-56-53-50-47-44-41-37-32-29-26-23-20-17-14-11-8-5-2/h9,12,18,21-22,25,27,30-31,33,35,38-39,42,48,51,65H,4-8,10-11,13-17,19-20,23-24,26,28-29,32,34,36-37,40-41,43-47,49-50,52-64H2,1-3H3/b12-9-,21-18-,25-22-,30-27-,33-31-,38-35-,42-39-,51-48-. The molecule has 0 N–H and O–H groups in total. The van der Waals surface area contributed by atoms with Gasteiger partial charge < -0.3 is 14.2 Å². The maximum absolute atomic E-state index is 12.9. The molecule has 6 heteroatoms. The lowest BCUT2D eigenvalue weighted by Gasteiger charge is -2.18. The quantitative estimate of drug-likeness (QED) is 0.0261. The summed E-state index contributed by atoms with van der Waals surface area (Å²) in [5, 5.41) is 0. The molecule has 0 aliphatic carbocycles. The molecule has 0 bridgehead atoms. The van der Waals surface area contributed by atoms with E-state index in [0.717, 1.165) is 96.3 Å². The minimum atomic E-state index is -0.807. The van der Waals surface area contributed by atoms with Gasteiger partial charge in [0.1, 0.15) is 13.2 Å². The van der Waals surface area contributed by atoms with Crippen molar-refractivity contribution < 1.29 is 28.6 Å². The molecule has 0 saturated heterocycles. The predicted molar refractivity (Wildman–Crippen MR) is 320 cm³/mol. The van der Waals surface area contributed by atoms with Crippen LogP contribution in [0.1, 0.15) is 297 Å². The highest BCUT2D eigenvalue weighted by atomic mass is 16.6. The highest BCUT2D eigenvalue weighted by molar-refractivity contribution is 5.71. The lowest BCUT2D eigenvalue weighted by Crippen LogP contribution is -2.30. The van der Waals surface area contributed by atoms with Crippen LogP contribution in [0.3, 0.4) is 0 Å². The van der Waals surface area contributed by atoms with Gasteiger partial charge in [0, 0.05) is 19.3 Å². The molecular formula is C68H116O6. The Bertz CT molecular complexity index is 1460. The Kier molecular flexibility index (Phi) is 58.8. The second-order valence-electron chi connectivity index (χ2n) is 20.6. The summed E-state index contributed by atoms with van der Waals surface area (Å²) in [6, 6.07) is 0. The summed E-state index contributed by atoms with van der Waals surface area (Å²) in [7, 11) is 0. The maximum atomic E-state index is 12.9. The molecule has 0 spiro atoms. The van der Waals surface area contributed by atoms with Gasteiger partial charge in [0.05, 0.1) is 0 Å². The Morgan fingerprint density at radius 1 is 0.284 bits per heavy atom. The van der Waals surface area contributed by atoms with Crippen LogP contribution in [0.2, 0.25) is 0 Å². The minimum Gasteiger partial charge on any atom is -0.462 e. The van der Waals surface area contributed by atoms with Gasteiger partial charge in [-0.15, -0.1) is 0 Å². The normalized spacial score (nSPS) is 12.7. The van der Waals surface area contributed by atoms with Crippen LogP contribution in [0, 0.1) is 0 Å². The first-order valence-corrected chi connectivity index (χ1v) is 31.2. The minimum absolute atomic E-state index is 0.101.